The normalized spacial score (nSPS) is 11.6. The molecule has 112 valence electrons. The van der Waals surface area contributed by atoms with Gasteiger partial charge < -0.3 is 5.32 Å². The second kappa shape index (κ2) is 5.54. The molecule has 2 heterocycles. The van der Waals surface area contributed by atoms with Crippen LogP contribution in [-0.2, 0) is 4.79 Å². The van der Waals surface area contributed by atoms with Crippen molar-refractivity contribution in [1.82, 2.24) is 4.98 Å². The predicted molar refractivity (Wildman–Crippen MR) is 93.1 cm³/mol. The Kier molecular flexibility index (Phi) is 3.71. The summed E-state index contributed by atoms with van der Waals surface area (Å²) in [6.45, 7) is 5.70. The molecule has 3 aromatic rings. The number of aromatic nitrogens is 1. The third-order valence-electron chi connectivity index (χ3n) is 3.52. The maximum atomic E-state index is 12.3. The molecule has 0 radical (unpaired) electrons. The van der Waals surface area contributed by atoms with Gasteiger partial charge in [-0.15, -0.1) is 11.3 Å². The quantitative estimate of drug-likeness (QED) is 0.728. The molecule has 0 aliphatic rings. The average molecular weight is 310 g/mol. The molecule has 0 aliphatic heterocycles. The third kappa shape index (κ3) is 2.74. The Hall–Kier alpha value is -2.20. The van der Waals surface area contributed by atoms with E-state index in [0.717, 1.165) is 16.8 Å². The number of hydrogen-bond acceptors (Lipinski definition) is 3. The zero-order valence-corrected chi connectivity index (χ0v) is 13.7. The molecule has 0 fully saturated rings. The molecule has 1 N–H and O–H groups in total. The summed E-state index contributed by atoms with van der Waals surface area (Å²) in [4.78, 5) is 16.5. The second-order valence-electron chi connectivity index (χ2n) is 6.27. The van der Waals surface area contributed by atoms with Gasteiger partial charge in [-0.25, -0.2) is 0 Å². The largest absolute Gasteiger partial charge is 0.324 e. The van der Waals surface area contributed by atoms with Gasteiger partial charge in [-0.2, -0.15) is 0 Å². The second-order valence-corrected chi connectivity index (χ2v) is 7.19. The van der Waals surface area contributed by atoms with Crippen molar-refractivity contribution in [2.24, 2.45) is 5.41 Å². The van der Waals surface area contributed by atoms with Crippen molar-refractivity contribution in [3.8, 4) is 11.1 Å². The van der Waals surface area contributed by atoms with E-state index in [0.29, 0.717) is 0 Å². The molecule has 0 atom stereocenters. The van der Waals surface area contributed by atoms with Crippen LogP contribution in [0.25, 0.3) is 21.2 Å². The van der Waals surface area contributed by atoms with Gasteiger partial charge in [0.15, 0.2) is 0 Å². The van der Waals surface area contributed by atoms with Crippen molar-refractivity contribution in [2.45, 2.75) is 20.8 Å². The summed E-state index contributed by atoms with van der Waals surface area (Å²) in [7, 11) is 0. The summed E-state index contributed by atoms with van der Waals surface area (Å²) in [5.41, 5.74) is 2.44. The molecule has 3 nitrogen and oxygen atoms in total. The summed E-state index contributed by atoms with van der Waals surface area (Å²) >= 11 is 1.71. The zero-order chi connectivity index (χ0) is 15.7. The molecule has 0 bridgehead atoms. The Morgan fingerprint density at radius 2 is 1.95 bits per heavy atom. The van der Waals surface area contributed by atoms with Gasteiger partial charge in [0.2, 0.25) is 5.91 Å². The molecule has 4 heteroatoms. The highest BCUT2D eigenvalue weighted by atomic mass is 32.1. The number of carbonyl (C=O) groups is 1. The summed E-state index contributed by atoms with van der Waals surface area (Å²) < 4.78 is 1.22. The van der Waals surface area contributed by atoms with Crippen LogP contribution in [0.2, 0.25) is 0 Å². The monoisotopic (exact) mass is 310 g/mol. The minimum Gasteiger partial charge on any atom is -0.324 e. The lowest BCUT2D eigenvalue weighted by atomic mass is 9.95. The maximum absolute atomic E-state index is 12.3. The van der Waals surface area contributed by atoms with Gasteiger partial charge >= 0.3 is 0 Å². The molecule has 0 saturated heterocycles. The lowest BCUT2D eigenvalue weighted by molar-refractivity contribution is -0.123. The van der Waals surface area contributed by atoms with Crippen LogP contribution in [0.1, 0.15) is 20.8 Å². The number of nitrogens with one attached hydrogen (secondary N) is 1. The summed E-state index contributed by atoms with van der Waals surface area (Å²) in [6, 6.07) is 10.3. The number of anilines is 1. The molecule has 0 aliphatic carbocycles. The molecule has 0 saturated carbocycles. The molecule has 2 aromatic heterocycles. The van der Waals surface area contributed by atoms with E-state index in [9.17, 15) is 4.79 Å². The maximum Gasteiger partial charge on any atom is 0.229 e. The molecule has 1 aromatic carbocycles. The Balaban J connectivity index is 2.09. The van der Waals surface area contributed by atoms with Gasteiger partial charge in [0.05, 0.1) is 11.9 Å². The number of fused-ring (bicyclic) bond motifs is 1. The molecule has 0 unspecified atom stereocenters. The highest BCUT2D eigenvalue weighted by Crippen LogP contribution is 2.36. The smallest absolute Gasteiger partial charge is 0.229 e. The van der Waals surface area contributed by atoms with Gasteiger partial charge in [0, 0.05) is 27.4 Å². The van der Waals surface area contributed by atoms with Crippen LogP contribution in [0, 0.1) is 5.41 Å². The van der Waals surface area contributed by atoms with Gasteiger partial charge in [0.1, 0.15) is 0 Å². The van der Waals surface area contributed by atoms with E-state index < -0.39 is 5.41 Å². The number of nitrogens with zero attached hydrogens (tertiary/aromatic N) is 1. The lowest BCUT2D eigenvalue weighted by Crippen LogP contribution is -2.27. The fourth-order valence-corrected chi connectivity index (χ4v) is 3.17. The van der Waals surface area contributed by atoms with Gasteiger partial charge in [-0.1, -0.05) is 39.0 Å². The van der Waals surface area contributed by atoms with Crippen LogP contribution in [-0.4, -0.2) is 10.9 Å². The van der Waals surface area contributed by atoms with Crippen LogP contribution in [0.4, 0.5) is 5.69 Å². The first kappa shape index (κ1) is 14.7. The summed E-state index contributed by atoms with van der Waals surface area (Å²) in [5, 5.41) is 6.31. The first-order chi connectivity index (χ1) is 10.5. The molecular formula is C18H18N2OS. The van der Waals surface area contributed by atoms with E-state index in [1.165, 1.54) is 10.1 Å². The van der Waals surface area contributed by atoms with Gasteiger partial charge in [0.25, 0.3) is 0 Å². The van der Waals surface area contributed by atoms with E-state index in [-0.39, 0.29) is 5.91 Å². The molecule has 3 rings (SSSR count). The van der Waals surface area contributed by atoms with E-state index in [1.807, 2.05) is 32.9 Å². The van der Waals surface area contributed by atoms with Crippen LogP contribution >= 0.6 is 11.3 Å². The van der Waals surface area contributed by atoms with E-state index >= 15 is 0 Å². The Bertz CT molecular complexity index is 830. The van der Waals surface area contributed by atoms with Crippen molar-refractivity contribution in [2.75, 3.05) is 5.32 Å². The number of benzene rings is 1. The minimum absolute atomic E-state index is 0.0138. The van der Waals surface area contributed by atoms with Crippen LogP contribution in [0.15, 0.2) is 48.1 Å². The topological polar surface area (TPSA) is 42.0 Å². The van der Waals surface area contributed by atoms with E-state index in [4.69, 9.17) is 0 Å². The number of rotatable bonds is 2. The first-order valence-corrected chi connectivity index (χ1v) is 8.07. The Morgan fingerprint density at radius 3 is 2.73 bits per heavy atom. The molecule has 22 heavy (non-hydrogen) atoms. The van der Waals surface area contributed by atoms with Gasteiger partial charge in [-0.3, -0.25) is 9.78 Å². The highest BCUT2D eigenvalue weighted by molar-refractivity contribution is 7.17. The summed E-state index contributed by atoms with van der Waals surface area (Å²) in [5.74, 6) is -0.0138. The number of pyridine rings is 1. The Morgan fingerprint density at radius 1 is 1.14 bits per heavy atom. The SMILES string of the molecule is CC(C)(C)C(=O)Nc1cnccc1-c1cccc2ccsc12. The highest BCUT2D eigenvalue weighted by Gasteiger charge is 2.22. The molecule has 0 spiro atoms. The van der Waals surface area contributed by atoms with Crippen molar-refractivity contribution < 1.29 is 4.79 Å². The van der Waals surface area contributed by atoms with Crippen LogP contribution in [0.3, 0.4) is 0 Å². The zero-order valence-electron chi connectivity index (χ0n) is 12.9. The van der Waals surface area contributed by atoms with Crippen molar-refractivity contribution >= 4 is 33.0 Å². The number of thiophene rings is 1. The Labute approximate surface area is 134 Å². The van der Waals surface area contributed by atoms with Crippen LogP contribution in [0.5, 0.6) is 0 Å². The molecule has 1 amide bonds. The van der Waals surface area contributed by atoms with E-state index in [1.54, 1.807) is 23.7 Å². The number of amides is 1. The van der Waals surface area contributed by atoms with Crippen molar-refractivity contribution in [3.63, 3.8) is 0 Å². The van der Waals surface area contributed by atoms with Crippen molar-refractivity contribution in [1.29, 1.82) is 0 Å². The standard InChI is InChI=1S/C18H18N2OS/c1-18(2,3)17(21)20-15-11-19-9-7-13(15)14-6-4-5-12-8-10-22-16(12)14/h4-11H,1-3H3,(H,20,21). The van der Waals surface area contributed by atoms with Crippen molar-refractivity contribution in [3.05, 3.63) is 48.1 Å². The first-order valence-electron chi connectivity index (χ1n) is 7.19. The average Bonchev–Trinajstić information content (AvgIpc) is 2.95. The predicted octanol–water partition coefficient (Wildman–Crippen LogP) is 4.95. The van der Waals surface area contributed by atoms with E-state index in [2.05, 4.69) is 33.9 Å². The minimum atomic E-state index is -0.442. The van der Waals surface area contributed by atoms with Gasteiger partial charge in [-0.05, 0) is 22.9 Å². The fourth-order valence-electron chi connectivity index (χ4n) is 2.24. The number of hydrogen-bond donors (Lipinski definition) is 1. The lowest BCUT2D eigenvalue weighted by Gasteiger charge is -2.19. The third-order valence-corrected chi connectivity index (χ3v) is 4.48. The number of carbonyl (C=O) groups excluding carboxylic acids is 1. The molecular weight excluding hydrogens is 292 g/mol. The van der Waals surface area contributed by atoms with Crippen LogP contribution < -0.4 is 5.32 Å². The summed E-state index contributed by atoms with van der Waals surface area (Å²) in [6.07, 6.45) is 3.47. The fraction of sp³-hybridized carbons (Fsp3) is 0.222.